The number of amides is 1. The highest BCUT2D eigenvalue weighted by Gasteiger charge is 2.58. The van der Waals surface area contributed by atoms with Gasteiger partial charge in [0.05, 0.1) is 17.1 Å². The van der Waals surface area contributed by atoms with Gasteiger partial charge in [-0.3, -0.25) is 4.90 Å². The predicted octanol–water partition coefficient (Wildman–Crippen LogP) is 5.23. The number of carbonyl (C=O) groups is 1. The lowest BCUT2D eigenvalue weighted by molar-refractivity contribution is -0.138. The van der Waals surface area contributed by atoms with Crippen molar-refractivity contribution < 1.29 is 23.1 Å². The molecule has 1 aromatic heterocycles. The van der Waals surface area contributed by atoms with Crippen LogP contribution in [0.5, 0.6) is 0 Å². The quantitative estimate of drug-likeness (QED) is 0.584. The molecule has 1 aliphatic carbocycles. The summed E-state index contributed by atoms with van der Waals surface area (Å²) < 4.78 is 38.9. The van der Waals surface area contributed by atoms with E-state index in [0.717, 1.165) is 44.9 Å². The molecule has 7 nitrogen and oxygen atoms in total. The minimum absolute atomic E-state index is 0.0857. The molecular formula is C26H40F3N5O2. The van der Waals surface area contributed by atoms with Gasteiger partial charge in [0, 0.05) is 38.6 Å². The van der Waals surface area contributed by atoms with E-state index in [-0.39, 0.29) is 17.9 Å². The first-order valence-corrected chi connectivity index (χ1v) is 12.9. The van der Waals surface area contributed by atoms with E-state index in [1.54, 1.807) is 4.90 Å². The number of hydrogen-bond donors (Lipinski definition) is 1. The van der Waals surface area contributed by atoms with Gasteiger partial charge in [0.1, 0.15) is 0 Å². The number of halogens is 3. The number of carboxylic acid groups (broad SMARTS) is 1. The molecule has 0 bridgehead atoms. The predicted molar refractivity (Wildman–Crippen MR) is 132 cm³/mol. The summed E-state index contributed by atoms with van der Waals surface area (Å²) >= 11 is 0. The summed E-state index contributed by atoms with van der Waals surface area (Å²) in [6, 6.07) is -0.347. The molecule has 1 amide bonds. The van der Waals surface area contributed by atoms with Gasteiger partial charge in [-0.15, -0.1) is 0 Å². The summed E-state index contributed by atoms with van der Waals surface area (Å²) in [5, 5.41) is 10.1. The molecule has 1 unspecified atom stereocenters. The Hall–Kier alpha value is -2.10. The molecule has 202 valence electrons. The van der Waals surface area contributed by atoms with E-state index < -0.39 is 23.4 Å². The topological polar surface area (TPSA) is 72.8 Å². The normalized spacial score (nSPS) is 28.1. The van der Waals surface area contributed by atoms with Gasteiger partial charge in [-0.2, -0.15) is 13.2 Å². The average Bonchev–Trinajstić information content (AvgIpc) is 2.69. The first-order valence-electron chi connectivity index (χ1n) is 12.9. The van der Waals surface area contributed by atoms with E-state index in [1.165, 1.54) is 6.42 Å². The smallest absolute Gasteiger partial charge is 0.419 e. The van der Waals surface area contributed by atoms with Gasteiger partial charge < -0.3 is 14.9 Å². The van der Waals surface area contributed by atoms with E-state index >= 15 is 0 Å². The first kappa shape index (κ1) is 26.9. The molecule has 3 atom stereocenters. The van der Waals surface area contributed by atoms with Crippen LogP contribution >= 0.6 is 0 Å². The molecule has 3 fully saturated rings. The lowest BCUT2D eigenvalue weighted by Crippen LogP contribution is -2.71. The lowest BCUT2D eigenvalue weighted by Gasteiger charge is -2.64. The number of alkyl halides is 3. The van der Waals surface area contributed by atoms with Crippen molar-refractivity contribution in [2.45, 2.75) is 78.6 Å². The number of rotatable bonds is 5. The zero-order valence-corrected chi connectivity index (χ0v) is 22.3. The molecule has 3 aliphatic rings. The third-order valence-corrected chi connectivity index (χ3v) is 8.82. The Kier molecular flexibility index (Phi) is 6.76. The van der Waals surface area contributed by atoms with Crippen LogP contribution in [0.1, 0.15) is 66.4 Å². The van der Waals surface area contributed by atoms with E-state index in [4.69, 9.17) is 0 Å². The third-order valence-electron chi connectivity index (χ3n) is 8.82. The Balaban J connectivity index is 1.44. The van der Waals surface area contributed by atoms with Gasteiger partial charge in [0.25, 0.3) is 0 Å². The third kappa shape index (κ3) is 5.15. The van der Waals surface area contributed by atoms with Crippen LogP contribution in [0.15, 0.2) is 12.4 Å². The Bertz CT molecular complexity index is 950. The van der Waals surface area contributed by atoms with Gasteiger partial charge >= 0.3 is 12.3 Å². The van der Waals surface area contributed by atoms with Crippen LogP contribution in [0.2, 0.25) is 0 Å². The SMILES string of the molecule is CC(C1CC2(C1)CN(CCC(C)(C)C)C2)[C@]1(C)CN(c2ncc(C(F)(F)F)cn2)C[C@H](C)N1C(=O)O. The lowest BCUT2D eigenvalue weighted by atomic mass is 9.52. The van der Waals surface area contributed by atoms with Crippen molar-refractivity contribution in [3.8, 4) is 0 Å². The maximum atomic E-state index is 13.0. The standard InChI is InChI=1S/C26H40F3N5O2/c1-17-13-33(21-30-11-20(12-31-21)26(27,28)29)14-24(6,34(17)22(35)36)18(2)19-9-25(10-19)15-32(16-25)8-7-23(3,4)5/h11-12,17-19H,7-10,13-16H2,1-6H3,(H,35,36)/t17-,18?,24-/m0/s1. The largest absolute Gasteiger partial charge is 0.465 e. The van der Waals surface area contributed by atoms with Crippen LogP contribution < -0.4 is 4.90 Å². The fraction of sp³-hybridized carbons (Fsp3) is 0.808. The summed E-state index contributed by atoms with van der Waals surface area (Å²) in [7, 11) is 0. The second-order valence-electron chi connectivity index (χ2n) is 13.0. The van der Waals surface area contributed by atoms with Crippen molar-refractivity contribution in [3.63, 3.8) is 0 Å². The van der Waals surface area contributed by atoms with E-state index in [2.05, 4.69) is 42.6 Å². The van der Waals surface area contributed by atoms with Crippen LogP contribution in [0.25, 0.3) is 0 Å². The van der Waals surface area contributed by atoms with E-state index in [9.17, 15) is 23.1 Å². The second kappa shape index (κ2) is 9.03. The molecule has 2 aliphatic heterocycles. The molecule has 1 aromatic rings. The summed E-state index contributed by atoms with van der Waals surface area (Å²) in [4.78, 5) is 26.3. The van der Waals surface area contributed by atoms with Crippen LogP contribution in [-0.4, -0.2) is 75.3 Å². The molecule has 36 heavy (non-hydrogen) atoms. The van der Waals surface area contributed by atoms with Crippen molar-refractivity contribution in [2.75, 3.05) is 37.6 Å². The number of aromatic nitrogens is 2. The molecule has 4 rings (SSSR count). The van der Waals surface area contributed by atoms with Crippen LogP contribution in [0.4, 0.5) is 23.9 Å². The average molecular weight is 512 g/mol. The van der Waals surface area contributed by atoms with Crippen LogP contribution in [0.3, 0.4) is 0 Å². The highest BCUT2D eigenvalue weighted by Crippen LogP contribution is 2.57. The van der Waals surface area contributed by atoms with Gasteiger partial charge in [-0.25, -0.2) is 14.8 Å². The van der Waals surface area contributed by atoms with Crippen LogP contribution in [-0.2, 0) is 6.18 Å². The van der Waals surface area contributed by atoms with Crippen LogP contribution in [0, 0.1) is 22.7 Å². The Morgan fingerprint density at radius 3 is 2.25 bits per heavy atom. The summed E-state index contributed by atoms with van der Waals surface area (Å²) in [6.07, 6.45) is -0.502. The minimum atomic E-state index is -4.50. The summed E-state index contributed by atoms with van der Waals surface area (Å²) in [6.45, 7) is 16.8. The van der Waals surface area contributed by atoms with Crippen molar-refractivity contribution >= 4 is 12.0 Å². The molecular weight excluding hydrogens is 471 g/mol. The Morgan fingerprint density at radius 1 is 1.17 bits per heavy atom. The molecule has 1 saturated carbocycles. The van der Waals surface area contributed by atoms with Gasteiger partial charge in [0.2, 0.25) is 5.95 Å². The molecule has 0 aromatic carbocycles. The van der Waals surface area contributed by atoms with Gasteiger partial charge in [-0.1, -0.05) is 27.7 Å². The van der Waals surface area contributed by atoms with Gasteiger partial charge in [0.15, 0.2) is 0 Å². The number of likely N-dealkylation sites (tertiary alicyclic amines) is 1. The number of hydrogen-bond acceptors (Lipinski definition) is 5. The summed E-state index contributed by atoms with van der Waals surface area (Å²) in [5.41, 5.74) is -0.916. The maximum absolute atomic E-state index is 13.0. The Labute approximate surface area is 212 Å². The fourth-order valence-electron chi connectivity index (χ4n) is 6.71. The monoisotopic (exact) mass is 511 g/mol. The number of nitrogens with zero attached hydrogens (tertiary/aromatic N) is 5. The highest BCUT2D eigenvalue weighted by molar-refractivity contribution is 5.67. The van der Waals surface area contributed by atoms with Crippen molar-refractivity contribution in [3.05, 3.63) is 18.0 Å². The zero-order valence-electron chi connectivity index (χ0n) is 22.3. The van der Waals surface area contributed by atoms with Crippen molar-refractivity contribution in [1.29, 1.82) is 0 Å². The summed E-state index contributed by atoms with van der Waals surface area (Å²) in [5.74, 6) is 0.696. The van der Waals surface area contributed by atoms with E-state index in [0.29, 0.717) is 29.8 Å². The minimum Gasteiger partial charge on any atom is -0.465 e. The number of anilines is 1. The molecule has 3 heterocycles. The van der Waals surface area contributed by atoms with Crippen molar-refractivity contribution in [2.24, 2.45) is 22.7 Å². The molecule has 2 saturated heterocycles. The fourth-order valence-corrected chi connectivity index (χ4v) is 6.71. The Morgan fingerprint density at radius 2 is 1.75 bits per heavy atom. The zero-order chi connectivity index (χ0) is 26.7. The molecule has 1 spiro atoms. The molecule has 1 N–H and O–H groups in total. The van der Waals surface area contributed by atoms with E-state index in [1.807, 2.05) is 18.7 Å². The number of piperazine rings is 1. The highest BCUT2D eigenvalue weighted by atomic mass is 19.4. The second-order valence-corrected chi connectivity index (χ2v) is 13.0. The van der Waals surface area contributed by atoms with Gasteiger partial charge in [-0.05, 0) is 62.3 Å². The van der Waals surface area contributed by atoms with Crippen molar-refractivity contribution in [1.82, 2.24) is 19.8 Å². The maximum Gasteiger partial charge on any atom is 0.419 e. The first-order chi connectivity index (χ1) is 16.5. The molecule has 0 radical (unpaired) electrons. The molecule has 10 heteroatoms.